The van der Waals surface area contributed by atoms with E-state index in [-0.39, 0.29) is 67.0 Å². The zero-order valence-electron chi connectivity index (χ0n) is 23.6. The Bertz CT molecular complexity index is 632. The molecule has 2 fully saturated rings. The summed E-state index contributed by atoms with van der Waals surface area (Å²) in [6.45, 7) is 18.1. The molecule has 0 bridgehead atoms. The van der Waals surface area contributed by atoms with E-state index >= 15 is 0 Å². The Hall–Kier alpha value is -0.377. The van der Waals surface area contributed by atoms with Crippen LogP contribution >= 0.6 is 0 Å². The summed E-state index contributed by atoms with van der Waals surface area (Å²) in [4.78, 5) is 22.2. The third-order valence-corrected chi connectivity index (χ3v) is 5.17. The van der Waals surface area contributed by atoms with Crippen molar-refractivity contribution in [1.82, 2.24) is 0 Å². The van der Waals surface area contributed by atoms with Gasteiger partial charge in [-0.1, -0.05) is 41.5 Å². The molecule has 0 unspecified atom stereocenters. The Labute approximate surface area is 253 Å². The Kier molecular flexibility index (Phi) is 26.5. The van der Waals surface area contributed by atoms with Gasteiger partial charge in [-0.15, -0.1) is 0 Å². The molecule has 0 saturated heterocycles. The topological polar surface area (TPSA) is 74.6 Å². The Morgan fingerprint density at radius 2 is 0.784 bits per heavy atom. The van der Waals surface area contributed by atoms with E-state index in [4.69, 9.17) is 0 Å². The summed E-state index contributed by atoms with van der Waals surface area (Å²) >= 11 is 0. The molecule has 0 spiro atoms. The van der Waals surface area contributed by atoms with Crippen molar-refractivity contribution in [3.05, 3.63) is 97.7 Å². The first kappa shape index (κ1) is 43.7. The Morgan fingerprint density at radius 3 is 0.919 bits per heavy atom. The summed E-state index contributed by atoms with van der Waals surface area (Å²) < 4.78 is 0. The van der Waals surface area contributed by atoms with Crippen LogP contribution in [0.4, 0.5) is 0 Å². The quantitative estimate of drug-likeness (QED) is 0.205. The van der Waals surface area contributed by atoms with Gasteiger partial charge in [-0.2, -0.15) is 0 Å². The maximum Gasteiger partial charge on any atom is 2.00 e. The van der Waals surface area contributed by atoms with Gasteiger partial charge in [0.1, 0.15) is 11.5 Å². The second kappa shape index (κ2) is 22.4. The van der Waals surface area contributed by atoms with Crippen LogP contribution in [-0.2, 0) is 29.1 Å². The molecule has 2 aliphatic rings. The zero-order chi connectivity index (χ0) is 26.6. The van der Waals surface area contributed by atoms with Gasteiger partial charge in [0.25, 0.3) is 0 Å². The molecule has 12 radical (unpaired) electrons. The molecule has 2 rings (SSSR count). The minimum Gasteiger partial charge on any atom is -1.00 e. The molecule has 0 aromatic carbocycles. The van der Waals surface area contributed by atoms with Crippen LogP contribution in [0.15, 0.2) is 22.7 Å². The molecular weight excluding hydrogens is 596 g/mol. The third-order valence-electron chi connectivity index (χ3n) is 5.17. The van der Waals surface area contributed by atoms with Gasteiger partial charge in [0.2, 0.25) is 0 Å². The van der Waals surface area contributed by atoms with Crippen LogP contribution in [-0.4, -0.2) is 21.8 Å². The second-order valence-electron chi connectivity index (χ2n) is 9.16. The zero-order valence-corrected chi connectivity index (χ0v) is 26.8. The first-order valence-electron chi connectivity index (χ1n) is 11.6. The summed E-state index contributed by atoms with van der Waals surface area (Å²) in [6.07, 6.45) is 17.4. The molecule has 208 valence electrons. The van der Waals surface area contributed by atoms with Gasteiger partial charge in [0.15, 0.2) is 11.6 Å². The number of allylic oxidation sites excluding steroid dienone is 4. The predicted octanol–water partition coefficient (Wildman–Crippen LogP) is 1.12. The number of carbonyl (C=O) groups excluding carboxylic acids is 2. The molecule has 2 N–H and O–H groups in total. The summed E-state index contributed by atoms with van der Waals surface area (Å²) in [6, 6.07) is 0. The predicted molar refractivity (Wildman–Crippen MR) is 140 cm³/mol. The van der Waals surface area contributed by atoms with E-state index in [9.17, 15) is 19.8 Å². The van der Waals surface area contributed by atoms with E-state index < -0.39 is 11.6 Å². The van der Waals surface area contributed by atoms with Crippen molar-refractivity contribution in [3.8, 4) is 0 Å². The van der Waals surface area contributed by atoms with Gasteiger partial charge in [-0.25, -0.2) is 0 Å². The largest absolute Gasteiger partial charge is 2.00 e. The average Bonchev–Trinajstić information content (AvgIpc) is 2.72. The summed E-state index contributed by atoms with van der Waals surface area (Å²) in [7, 11) is 0. The van der Waals surface area contributed by atoms with Crippen molar-refractivity contribution in [3.63, 3.8) is 0 Å². The number of aliphatic hydroxyl groups is 2. The molecule has 2 aliphatic carbocycles. The van der Waals surface area contributed by atoms with E-state index in [1.54, 1.807) is 0 Å². The van der Waals surface area contributed by atoms with Gasteiger partial charge in [0, 0.05) is 0 Å². The van der Waals surface area contributed by atoms with Crippen LogP contribution in [0.2, 0.25) is 0 Å². The van der Waals surface area contributed by atoms with Crippen LogP contribution < -0.4 is 24.8 Å². The van der Waals surface area contributed by atoms with Crippen molar-refractivity contribution in [1.29, 1.82) is 0 Å². The normalized spacial score (nSPS) is 18.4. The van der Waals surface area contributed by atoms with Gasteiger partial charge in [0.05, 0.1) is 11.1 Å². The molecular formula is C30H42Cl2O4Ru. The summed E-state index contributed by atoms with van der Waals surface area (Å²) in [5.41, 5.74) is -0.255. The minimum atomic E-state index is -0.455. The number of hydrogen-bond donors (Lipinski definition) is 2. The molecule has 0 amide bonds. The molecule has 0 aliphatic heterocycles. The maximum atomic E-state index is 11.1. The number of halogens is 2. The SMILES string of the molecule is CC(=O)C(=C(/C)O)/C(C(C)=O)=C(/C)O.C[C]1[CH][CH][C](C(C)C)[CH][CH]1.C[C]1[CH][CH][C](C(C)C)[CH][CH]1.[Cl-].[Cl-].[Ru+2]. The fourth-order valence-corrected chi connectivity index (χ4v) is 3.13. The smallest absolute Gasteiger partial charge is 1.00 e. The van der Waals surface area contributed by atoms with Crippen molar-refractivity contribution >= 4 is 11.6 Å². The van der Waals surface area contributed by atoms with E-state index in [1.807, 2.05) is 0 Å². The van der Waals surface area contributed by atoms with Crippen LogP contribution in [0.25, 0.3) is 0 Å². The number of ketones is 2. The van der Waals surface area contributed by atoms with Crippen molar-refractivity contribution in [2.45, 2.75) is 69.2 Å². The van der Waals surface area contributed by atoms with Gasteiger partial charge < -0.3 is 35.0 Å². The van der Waals surface area contributed by atoms with Crippen LogP contribution in [0.5, 0.6) is 0 Å². The molecule has 7 heteroatoms. The second-order valence-corrected chi connectivity index (χ2v) is 9.16. The van der Waals surface area contributed by atoms with E-state index in [2.05, 4.69) is 92.9 Å². The number of carbonyl (C=O) groups is 2. The number of Topliss-reactive ketones (excluding diaryl/α,β-unsaturated/α-hetero) is 2. The fourth-order valence-electron chi connectivity index (χ4n) is 3.13. The molecule has 37 heavy (non-hydrogen) atoms. The fraction of sp³-hybridized carbons (Fsp3) is 0.400. The van der Waals surface area contributed by atoms with Crippen molar-refractivity contribution in [2.24, 2.45) is 11.8 Å². The van der Waals surface area contributed by atoms with Crippen LogP contribution in [0.1, 0.15) is 69.2 Å². The number of hydrogen-bond acceptors (Lipinski definition) is 4. The Balaban J connectivity index is -0.000000215. The average molecular weight is 639 g/mol. The minimum absolute atomic E-state index is 0. The summed E-state index contributed by atoms with van der Waals surface area (Å²) in [5.74, 6) is 5.38. The third kappa shape index (κ3) is 17.8. The molecule has 4 nitrogen and oxygen atoms in total. The van der Waals surface area contributed by atoms with Gasteiger partial charge in [-0.3, -0.25) is 9.59 Å². The van der Waals surface area contributed by atoms with E-state index in [0.29, 0.717) is 11.8 Å². The molecule has 0 aromatic heterocycles. The molecule has 0 aromatic rings. The first-order valence-corrected chi connectivity index (χ1v) is 11.6. The Morgan fingerprint density at radius 1 is 0.568 bits per heavy atom. The first-order chi connectivity index (χ1) is 15.7. The summed E-state index contributed by atoms with van der Waals surface area (Å²) in [5, 5.41) is 18.4. The van der Waals surface area contributed by atoms with Gasteiger partial charge >= 0.3 is 19.5 Å². The molecule has 0 atom stereocenters. The van der Waals surface area contributed by atoms with Crippen molar-refractivity contribution in [2.75, 3.05) is 0 Å². The van der Waals surface area contributed by atoms with Crippen LogP contribution in [0, 0.1) is 86.9 Å². The molecule has 2 saturated carbocycles. The van der Waals surface area contributed by atoms with E-state index in [0.717, 1.165) is 0 Å². The van der Waals surface area contributed by atoms with Crippen LogP contribution in [0.3, 0.4) is 0 Å². The standard InChI is InChI=1S/C10H14O4.2C10H14.2ClH.Ru/c1-5(11)9(6(2)12)10(7(3)13)8(4)14;2*1-8(2)10-6-4-9(3)5-7-10;;;/h11,13H,1-4H3;2*4-8H,1-3H3;2*1H;/q;;;;;+2/p-2/b9-5-,10-7+;;;;;. The van der Waals surface area contributed by atoms with E-state index in [1.165, 1.54) is 51.4 Å². The monoisotopic (exact) mass is 638 g/mol. The van der Waals surface area contributed by atoms with Crippen molar-refractivity contribution < 1.29 is 64.1 Å². The number of rotatable bonds is 5. The maximum absolute atomic E-state index is 11.1. The molecule has 0 heterocycles. The number of aliphatic hydroxyl groups excluding tert-OH is 2. The van der Waals surface area contributed by atoms with Gasteiger partial charge in [-0.05, 0) is 115 Å².